The van der Waals surface area contributed by atoms with Gasteiger partial charge in [-0.25, -0.2) is 30.7 Å². The van der Waals surface area contributed by atoms with E-state index in [4.69, 9.17) is 19.5 Å². The Kier molecular flexibility index (Phi) is 25.8. The maximum absolute atomic E-state index is 13.8. The molecule has 0 fully saturated rings. The maximum atomic E-state index is 13.8. The van der Waals surface area contributed by atoms with Crippen LogP contribution in [0.3, 0.4) is 0 Å². The zero-order valence-electron chi connectivity index (χ0n) is 49.3. The van der Waals surface area contributed by atoms with Crippen LogP contribution in [0.15, 0.2) is 206 Å². The normalized spacial score (nSPS) is 10.3. The van der Waals surface area contributed by atoms with Gasteiger partial charge in [0.1, 0.15) is 52.2 Å². The van der Waals surface area contributed by atoms with E-state index in [-0.39, 0.29) is 40.7 Å². The van der Waals surface area contributed by atoms with Crippen molar-refractivity contribution in [3.05, 3.63) is 269 Å². The lowest BCUT2D eigenvalue weighted by Gasteiger charge is -2.15. The van der Waals surface area contributed by atoms with E-state index < -0.39 is 64.1 Å². The molecule has 454 valence electrons. The summed E-state index contributed by atoms with van der Waals surface area (Å²) in [5.41, 5.74) is 8.92. The van der Waals surface area contributed by atoms with Gasteiger partial charge in [0.25, 0.3) is 0 Å². The molecule has 0 atom stereocenters. The van der Waals surface area contributed by atoms with Gasteiger partial charge in [0.15, 0.2) is 11.6 Å². The van der Waals surface area contributed by atoms with Crippen molar-refractivity contribution >= 4 is 62.3 Å². The van der Waals surface area contributed by atoms with E-state index in [1.807, 2.05) is 62.4 Å². The summed E-state index contributed by atoms with van der Waals surface area (Å²) in [6.07, 6.45) is 0. The van der Waals surface area contributed by atoms with Gasteiger partial charge in [-0.15, -0.1) is 0 Å². The molecular formula is C67H62B5F7O10. The van der Waals surface area contributed by atoms with Crippen molar-refractivity contribution in [3.63, 3.8) is 0 Å². The first-order chi connectivity index (χ1) is 42.3. The molecule has 10 rings (SSSR count). The molecule has 0 aliphatic rings. The zero-order chi connectivity index (χ0) is 65.1. The van der Waals surface area contributed by atoms with E-state index in [1.54, 1.807) is 75.2 Å². The van der Waals surface area contributed by atoms with Gasteiger partial charge < -0.3 is 49.7 Å². The van der Waals surface area contributed by atoms with Crippen LogP contribution < -0.4 is 36.8 Å². The van der Waals surface area contributed by atoms with Crippen LogP contribution in [0.2, 0.25) is 20.5 Å². The number of ether oxygens (including phenoxy) is 2. The molecule has 0 saturated heterocycles. The number of aliphatic hydroxyl groups excluding tert-OH is 1. The van der Waals surface area contributed by atoms with Crippen molar-refractivity contribution in [3.8, 4) is 56.4 Å². The number of hydrogen-bond acceptors (Lipinski definition) is 10. The van der Waals surface area contributed by atoms with Gasteiger partial charge in [-0.3, -0.25) is 0 Å². The minimum atomic E-state index is -1.78. The second-order valence-corrected chi connectivity index (χ2v) is 20.5. The third-order valence-corrected chi connectivity index (χ3v) is 13.5. The average Bonchev–Trinajstić information content (AvgIpc) is 2.73. The van der Waals surface area contributed by atoms with E-state index in [9.17, 15) is 61.0 Å². The summed E-state index contributed by atoms with van der Waals surface area (Å²) in [7, 11) is -3.34. The summed E-state index contributed by atoms with van der Waals surface area (Å²) in [5, 5.41) is 73.7. The molecule has 10 aromatic carbocycles. The molecule has 0 aliphatic carbocycles. The van der Waals surface area contributed by atoms with Crippen LogP contribution in [-0.4, -0.2) is 75.3 Å². The molecule has 0 bridgehead atoms. The third-order valence-electron chi connectivity index (χ3n) is 13.5. The fourth-order valence-electron chi connectivity index (χ4n) is 8.75. The predicted octanol–water partition coefficient (Wildman–Crippen LogP) is 10.2. The summed E-state index contributed by atoms with van der Waals surface area (Å²) in [4.78, 5) is 0. The molecule has 0 heterocycles. The number of aliphatic hydroxyl groups is 1. The fourth-order valence-corrected chi connectivity index (χ4v) is 8.75. The largest absolute Gasteiger partial charge is 0.491 e. The molecule has 0 aromatic heterocycles. The second kappa shape index (κ2) is 33.1. The van der Waals surface area contributed by atoms with Crippen molar-refractivity contribution in [1.29, 1.82) is 0 Å². The predicted molar refractivity (Wildman–Crippen MR) is 341 cm³/mol. The Morgan fingerprint density at radius 1 is 0.360 bits per heavy atom. The van der Waals surface area contributed by atoms with Crippen LogP contribution in [0, 0.1) is 61.5 Å². The quantitative estimate of drug-likeness (QED) is 0.0409. The van der Waals surface area contributed by atoms with Crippen LogP contribution in [0.1, 0.15) is 22.3 Å². The molecule has 0 spiro atoms. The fraction of sp³-hybridized carbons (Fsp3) is 0.104. The Morgan fingerprint density at radius 3 is 1.43 bits per heavy atom. The van der Waals surface area contributed by atoms with Crippen molar-refractivity contribution < 1.29 is 80.5 Å². The highest BCUT2D eigenvalue weighted by Gasteiger charge is 2.20. The van der Waals surface area contributed by atoms with Gasteiger partial charge in [0, 0.05) is 22.7 Å². The van der Waals surface area contributed by atoms with Crippen LogP contribution in [0.4, 0.5) is 30.7 Å². The molecule has 10 aromatic rings. The number of aryl methyl sites for hydroxylation is 3. The van der Waals surface area contributed by atoms with Gasteiger partial charge >= 0.3 is 35.0 Å². The van der Waals surface area contributed by atoms with E-state index in [0.29, 0.717) is 50.1 Å². The van der Waals surface area contributed by atoms with Gasteiger partial charge in [-0.1, -0.05) is 142 Å². The second-order valence-electron chi connectivity index (χ2n) is 20.5. The van der Waals surface area contributed by atoms with Crippen LogP contribution in [0.5, 0.6) is 23.0 Å². The summed E-state index contributed by atoms with van der Waals surface area (Å²) < 4.78 is 104. The monoisotopic (exact) mass is 1210 g/mol. The summed E-state index contributed by atoms with van der Waals surface area (Å²) in [5.74, 6) is -1.78. The Labute approximate surface area is 514 Å². The highest BCUT2D eigenvalue weighted by Crippen LogP contribution is 2.30. The van der Waals surface area contributed by atoms with E-state index in [1.165, 1.54) is 110 Å². The molecule has 0 unspecified atom stereocenters. The SMILES string of the molecule is CB(O)c1ccc(-c2ccc(F)cc2)c(F)c1.CB(O)c1ccc(-c2ccc(F)cc2)cc1F.CB(O)c1ccc(Oc2cccc(F)c2)c(F)c1.Cc1cccc(Oc2c(C)cc(B(O)O)cc2CO)c1.Cc1ccccc1-c1ccc(B(O)O)c(F)c1. The van der Waals surface area contributed by atoms with E-state index in [0.717, 1.165) is 33.4 Å². The van der Waals surface area contributed by atoms with Crippen molar-refractivity contribution in [2.75, 3.05) is 0 Å². The topological polar surface area (TPSA) is 180 Å². The van der Waals surface area contributed by atoms with Crippen molar-refractivity contribution in [2.24, 2.45) is 0 Å². The van der Waals surface area contributed by atoms with Gasteiger partial charge in [-0.05, 0) is 166 Å². The van der Waals surface area contributed by atoms with Gasteiger partial charge in [-0.2, -0.15) is 0 Å². The lowest BCUT2D eigenvalue weighted by Crippen LogP contribution is -2.32. The molecule has 0 amide bonds. The van der Waals surface area contributed by atoms with Crippen LogP contribution in [-0.2, 0) is 6.61 Å². The van der Waals surface area contributed by atoms with E-state index >= 15 is 0 Å². The number of halogens is 7. The lowest BCUT2D eigenvalue weighted by molar-refractivity contribution is 0.276. The summed E-state index contributed by atoms with van der Waals surface area (Å²) in [6.45, 7) is 7.83. The molecule has 0 aliphatic heterocycles. The van der Waals surface area contributed by atoms with Gasteiger partial charge in [0.05, 0.1) is 6.61 Å². The average molecular weight is 1210 g/mol. The molecule has 22 heteroatoms. The highest BCUT2D eigenvalue weighted by molar-refractivity contribution is 6.65. The third kappa shape index (κ3) is 20.4. The van der Waals surface area contributed by atoms with Crippen LogP contribution in [0.25, 0.3) is 33.4 Å². The van der Waals surface area contributed by atoms with Crippen molar-refractivity contribution in [1.82, 2.24) is 0 Å². The van der Waals surface area contributed by atoms with Gasteiger partial charge in [0.2, 0.25) is 0 Å². The maximum Gasteiger partial charge on any atom is 0.491 e. The first-order valence-electron chi connectivity index (χ1n) is 27.8. The first-order valence-corrected chi connectivity index (χ1v) is 27.8. The molecule has 0 saturated carbocycles. The Balaban J connectivity index is 0.000000178. The minimum absolute atomic E-state index is 0.00926. The standard InChI is InChI=1S/C15H17BO4.C13H11BF2O2.2C13H11BF2O.C13H12BFO2/c1-10-4-3-5-14(6-10)20-15-11(2)7-13(16(18)19)8-12(15)9-17;1-14(17)9-5-6-13(12(16)7-9)18-11-4-2-3-10(15)8-11;1-14(17)10-4-7-12(13(16)8-10)9-2-5-11(15)6-3-9;1-14(17)12-7-4-10(8-13(12)16)9-2-5-11(15)6-3-9;1-9-4-2-3-5-11(9)10-6-7-12(14(16)17)13(15)8-10/h3-8,17-19H,9H2,1-2H3;2-8,17H,1H3;2*2-8,17H,1H3;2-8,16-17H,1H3. The zero-order valence-corrected chi connectivity index (χ0v) is 49.3. The summed E-state index contributed by atoms with van der Waals surface area (Å²) >= 11 is 0. The molecule has 8 N–H and O–H groups in total. The molecule has 0 radical (unpaired) electrons. The summed E-state index contributed by atoms with van der Waals surface area (Å²) in [6, 6.07) is 53.0. The lowest BCUT2D eigenvalue weighted by atomic mass is 9.64. The minimum Gasteiger partial charge on any atom is -0.457 e. The Bertz CT molecular complexity index is 3940. The van der Waals surface area contributed by atoms with Crippen molar-refractivity contribution in [2.45, 2.75) is 47.8 Å². The molecule has 10 nitrogen and oxygen atoms in total. The molecule has 89 heavy (non-hydrogen) atoms. The van der Waals surface area contributed by atoms with E-state index in [2.05, 4.69) is 0 Å². The smallest absolute Gasteiger partial charge is 0.457 e. The highest BCUT2D eigenvalue weighted by atomic mass is 19.2. The molecular weight excluding hydrogens is 1150 g/mol. The number of benzene rings is 10. The number of hydrogen-bond donors (Lipinski definition) is 8. The Hall–Kier alpha value is -8.69. The Morgan fingerprint density at radius 2 is 0.899 bits per heavy atom. The van der Waals surface area contributed by atoms with Crippen LogP contribution >= 0.6 is 0 Å². The first kappa shape index (κ1) is 69.4. The number of rotatable bonds is 13.